The summed E-state index contributed by atoms with van der Waals surface area (Å²) in [6, 6.07) is 11.3. The third-order valence-corrected chi connectivity index (χ3v) is 8.60. The van der Waals surface area contributed by atoms with Crippen LogP contribution in [0.25, 0.3) is 10.9 Å². The Morgan fingerprint density at radius 2 is 1.85 bits per heavy atom. The lowest BCUT2D eigenvalue weighted by molar-refractivity contribution is 0.158. The van der Waals surface area contributed by atoms with E-state index in [0.29, 0.717) is 12.6 Å². The van der Waals surface area contributed by atoms with E-state index in [2.05, 4.69) is 84.8 Å². The van der Waals surface area contributed by atoms with E-state index in [4.69, 9.17) is 0 Å². The molecule has 2 aliphatic rings. The Kier molecular flexibility index (Phi) is 7.61. The minimum Gasteiger partial charge on any atom is -0.371 e. The Bertz CT molecular complexity index is 1500. The van der Waals surface area contributed by atoms with Gasteiger partial charge in [0.25, 0.3) is 0 Å². The number of hydrogen-bond acceptors (Lipinski definition) is 6. The van der Waals surface area contributed by atoms with Gasteiger partial charge in [-0.3, -0.25) is 19.8 Å². The highest BCUT2D eigenvalue weighted by Crippen LogP contribution is 2.28. The minimum absolute atomic E-state index is 0.151. The van der Waals surface area contributed by atoms with Crippen molar-refractivity contribution in [3.63, 3.8) is 0 Å². The molecule has 0 saturated carbocycles. The number of aromatic amines is 1. The predicted molar refractivity (Wildman–Crippen MR) is 162 cm³/mol. The van der Waals surface area contributed by atoms with Crippen LogP contribution >= 0.6 is 0 Å². The van der Waals surface area contributed by atoms with Crippen LogP contribution in [0.3, 0.4) is 0 Å². The van der Waals surface area contributed by atoms with Crippen LogP contribution in [0.15, 0.2) is 59.9 Å². The molecule has 0 bridgehead atoms. The molecular formula is C32H41N7O. The van der Waals surface area contributed by atoms with Gasteiger partial charge in [-0.15, -0.1) is 0 Å². The lowest BCUT2D eigenvalue weighted by Gasteiger charge is -2.40. The second-order valence-corrected chi connectivity index (χ2v) is 11.8. The Morgan fingerprint density at radius 3 is 2.60 bits per heavy atom. The lowest BCUT2D eigenvalue weighted by Crippen LogP contribution is -2.48. The van der Waals surface area contributed by atoms with Crippen LogP contribution in [-0.2, 0) is 13.1 Å². The summed E-state index contributed by atoms with van der Waals surface area (Å²) < 4.78 is 2.30. The summed E-state index contributed by atoms with van der Waals surface area (Å²) in [6.07, 6.45) is 12.6. The van der Waals surface area contributed by atoms with Crippen molar-refractivity contribution in [2.24, 2.45) is 0 Å². The van der Waals surface area contributed by atoms with E-state index in [-0.39, 0.29) is 11.5 Å². The SMILES string of the molecule is Cc1cc(CN(Cc2cn(C(C)C)c3cc(N4CCCC4)ccc3c2=O)[C@H]2CCCN(c3cn[nH]c3)C2)ccn1. The van der Waals surface area contributed by atoms with Crippen molar-refractivity contribution in [2.45, 2.75) is 71.6 Å². The zero-order valence-electron chi connectivity index (χ0n) is 24.0. The average molecular weight is 540 g/mol. The molecule has 2 saturated heterocycles. The van der Waals surface area contributed by atoms with Crippen LogP contribution in [-0.4, -0.2) is 56.9 Å². The minimum atomic E-state index is 0.151. The lowest BCUT2D eigenvalue weighted by atomic mass is 10.0. The molecule has 3 aromatic heterocycles. The summed E-state index contributed by atoms with van der Waals surface area (Å²) in [5.41, 5.74) is 6.65. The topological polar surface area (TPSA) is 73.3 Å². The van der Waals surface area contributed by atoms with Crippen molar-refractivity contribution in [3.05, 3.63) is 82.2 Å². The zero-order chi connectivity index (χ0) is 27.6. The van der Waals surface area contributed by atoms with E-state index < -0.39 is 0 Å². The monoisotopic (exact) mass is 539 g/mol. The van der Waals surface area contributed by atoms with Crippen molar-refractivity contribution in [1.82, 2.24) is 24.6 Å². The Balaban J connectivity index is 1.36. The fraction of sp³-hybridized carbons (Fsp3) is 0.469. The van der Waals surface area contributed by atoms with Gasteiger partial charge in [-0.2, -0.15) is 5.10 Å². The van der Waals surface area contributed by atoms with Crippen LogP contribution < -0.4 is 15.2 Å². The molecule has 210 valence electrons. The van der Waals surface area contributed by atoms with Gasteiger partial charge in [-0.25, -0.2) is 0 Å². The fourth-order valence-electron chi connectivity index (χ4n) is 6.48. The van der Waals surface area contributed by atoms with Gasteiger partial charge < -0.3 is 14.4 Å². The van der Waals surface area contributed by atoms with E-state index in [1.165, 1.54) is 24.1 Å². The number of fused-ring (bicyclic) bond motifs is 1. The fourth-order valence-corrected chi connectivity index (χ4v) is 6.48. The van der Waals surface area contributed by atoms with Crippen LogP contribution in [0.4, 0.5) is 11.4 Å². The van der Waals surface area contributed by atoms with Gasteiger partial charge in [0.15, 0.2) is 5.43 Å². The number of aryl methyl sites for hydroxylation is 1. The first kappa shape index (κ1) is 26.6. The summed E-state index contributed by atoms with van der Waals surface area (Å²) in [5.74, 6) is 0. The number of piperidine rings is 1. The highest BCUT2D eigenvalue weighted by Gasteiger charge is 2.27. The first-order valence-corrected chi connectivity index (χ1v) is 14.8. The number of anilines is 2. The third kappa shape index (κ3) is 5.50. The maximum Gasteiger partial charge on any atom is 0.193 e. The quantitative estimate of drug-likeness (QED) is 0.328. The smallest absolute Gasteiger partial charge is 0.193 e. The first-order chi connectivity index (χ1) is 19.5. The van der Waals surface area contributed by atoms with Gasteiger partial charge in [0.2, 0.25) is 0 Å². The van der Waals surface area contributed by atoms with Gasteiger partial charge in [0, 0.05) is 92.3 Å². The first-order valence-electron chi connectivity index (χ1n) is 14.8. The molecule has 0 unspecified atom stereocenters. The van der Waals surface area contributed by atoms with E-state index >= 15 is 0 Å². The summed E-state index contributed by atoms with van der Waals surface area (Å²) in [4.78, 5) is 25.8. The summed E-state index contributed by atoms with van der Waals surface area (Å²) in [7, 11) is 0. The molecule has 8 heteroatoms. The standard InChI is InChI=1S/C32H41N7O/c1-23(2)39-21-26(32(40)30-9-8-27(16-31(30)39)36-12-4-5-13-36)20-38(19-25-10-11-33-24(3)15-25)28-7-6-14-37(22-28)29-17-34-35-18-29/h8-11,15-18,21,23,28H,4-7,12-14,19-20,22H2,1-3H3,(H,34,35)/t28-/m0/s1. The highest BCUT2D eigenvalue weighted by molar-refractivity contribution is 5.83. The van der Waals surface area contributed by atoms with Crippen molar-refractivity contribution in [3.8, 4) is 0 Å². The largest absolute Gasteiger partial charge is 0.371 e. The molecule has 1 aromatic carbocycles. The summed E-state index contributed by atoms with van der Waals surface area (Å²) in [6.45, 7) is 12.0. The molecule has 2 fully saturated rings. The Hall–Kier alpha value is -3.65. The molecule has 0 amide bonds. The summed E-state index contributed by atoms with van der Waals surface area (Å²) in [5, 5.41) is 7.95. The van der Waals surface area contributed by atoms with Gasteiger partial charge in [0.1, 0.15) is 0 Å². The zero-order valence-corrected chi connectivity index (χ0v) is 24.0. The third-order valence-electron chi connectivity index (χ3n) is 8.60. The number of rotatable bonds is 8. The molecule has 2 aliphatic heterocycles. The maximum absolute atomic E-state index is 14.0. The van der Waals surface area contributed by atoms with Crippen molar-refractivity contribution < 1.29 is 0 Å². The van der Waals surface area contributed by atoms with Crippen LogP contribution in [0, 0.1) is 6.92 Å². The van der Waals surface area contributed by atoms with E-state index in [1.54, 1.807) is 0 Å². The molecule has 6 rings (SSSR count). The van der Waals surface area contributed by atoms with Crippen LogP contribution in [0.5, 0.6) is 0 Å². The van der Waals surface area contributed by atoms with E-state index in [0.717, 1.165) is 73.4 Å². The van der Waals surface area contributed by atoms with Gasteiger partial charge in [-0.05, 0) is 82.3 Å². The molecule has 0 aliphatic carbocycles. The number of hydrogen-bond donors (Lipinski definition) is 1. The Labute approximate surface area is 236 Å². The van der Waals surface area contributed by atoms with Crippen LogP contribution in [0.1, 0.15) is 62.4 Å². The molecule has 0 radical (unpaired) electrons. The number of nitrogens with one attached hydrogen (secondary N) is 1. The van der Waals surface area contributed by atoms with Crippen molar-refractivity contribution in [1.29, 1.82) is 0 Å². The molecule has 0 spiro atoms. The van der Waals surface area contributed by atoms with Gasteiger partial charge >= 0.3 is 0 Å². The molecule has 8 nitrogen and oxygen atoms in total. The van der Waals surface area contributed by atoms with Crippen molar-refractivity contribution in [2.75, 3.05) is 36.0 Å². The average Bonchev–Trinajstić information content (AvgIpc) is 3.69. The highest BCUT2D eigenvalue weighted by atomic mass is 16.1. The number of H-pyrrole nitrogens is 1. The number of aromatic nitrogens is 4. The number of pyridine rings is 2. The van der Waals surface area contributed by atoms with E-state index in [9.17, 15) is 4.79 Å². The molecule has 5 heterocycles. The normalized spacial score (nSPS) is 18.0. The molecule has 1 N–H and O–H groups in total. The summed E-state index contributed by atoms with van der Waals surface area (Å²) >= 11 is 0. The van der Waals surface area contributed by atoms with Gasteiger partial charge in [0.05, 0.1) is 17.4 Å². The molecule has 4 aromatic rings. The number of benzene rings is 1. The maximum atomic E-state index is 14.0. The second kappa shape index (κ2) is 11.5. The Morgan fingerprint density at radius 1 is 1.02 bits per heavy atom. The van der Waals surface area contributed by atoms with Gasteiger partial charge in [-0.1, -0.05) is 0 Å². The molecular weight excluding hydrogens is 498 g/mol. The molecule has 1 atom stereocenters. The van der Waals surface area contributed by atoms with Crippen molar-refractivity contribution >= 4 is 22.3 Å². The predicted octanol–water partition coefficient (Wildman–Crippen LogP) is 5.28. The second-order valence-electron chi connectivity index (χ2n) is 11.8. The molecule has 40 heavy (non-hydrogen) atoms. The van der Waals surface area contributed by atoms with E-state index in [1.807, 2.05) is 25.5 Å². The number of nitrogens with zero attached hydrogens (tertiary/aromatic N) is 6. The van der Waals surface area contributed by atoms with Crippen LogP contribution in [0.2, 0.25) is 0 Å².